The molecule has 1 aliphatic heterocycles. The van der Waals surface area contributed by atoms with Crippen molar-refractivity contribution in [3.05, 3.63) is 0 Å². The first kappa shape index (κ1) is 8.72. The molecule has 3 nitrogen and oxygen atoms in total. The van der Waals surface area contributed by atoms with Crippen molar-refractivity contribution in [3.63, 3.8) is 0 Å². The number of hydrogen-bond donors (Lipinski definition) is 2. The van der Waals surface area contributed by atoms with Gasteiger partial charge in [-0.25, -0.2) is 0 Å². The molecule has 0 aliphatic carbocycles. The second-order valence-corrected chi connectivity index (χ2v) is 1.98. The van der Waals surface area contributed by atoms with Crippen LogP contribution in [0.2, 0.25) is 0 Å². The predicted molar refractivity (Wildman–Crippen MR) is 35.2 cm³/mol. The third kappa shape index (κ3) is 2.67. The zero-order valence-electron chi connectivity index (χ0n) is 4.96. The average Bonchev–Trinajstić information content (AvgIpc) is 1.64. The molecule has 0 aromatic heterocycles. The number of hydrogen-bond acceptors (Lipinski definition) is 2. The highest BCUT2D eigenvalue weighted by molar-refractivity contribution is 5.85. The third-order valence-corrected chi connectivity index (χ3v) is 1.21. The summed E-state index contributed by atoms with van der Waals surface area (Å²) in [7, 11) is 0. The van der Waals surface area contributed by atoms with Gasteiger partial charge in [0, 0.05) is 6.42 Å². The second kappa shape index (κ2) is 3.69. The summed E-state index contributed by atoms with van der Waals surface area (Å²) in [6, 6.07) is 0. The van der Waals surface area contributed by atoms with E-state index in [4.69, 9.17) is 5.11 Å². The lowest BCUT2D eigenvalue weighted by molar-refractivity contribution is -0.126. The largest absolute Gasteiger partial charge is 0.374 e. The maximum atomic E-state index is 10.4. The van der Waals surface area contributed by atoms with Gasteiger partial charge < -0.3 is 10.4 Å². The van der Waals surface area contributed by atoms with Gasteiger partial charge in [0.05, 0.1) is 0 Å². The Morgan fingerprint density at radius 2 is 2.33 bits per heavy atom. The lowest BCUT2D eigenvalue weighted by atomic mass is 10.1. The molecule has 1 atom stereocenters. The van der Waals surface area contributed by atoms with E-state index in [1.807, 2.05) is 0 Å². The van der Waals surface area contributed by atoms with Gasteiger partial charge in [0.25, 0.3) is 0 Å². The molecule has 2 N–H and O–H groups in total. The third-order valence-electron chi connectivity index (χ3n) is 1.21. The van der Waals surface area contributed by atoms with Crippen molar-refractivity contribution in [2.45, 2.75) is 25.5 Å². The molecular formula is C5H10ClNO2. The lowest BCUT2D eigenvalue weighted by Crippen LogP contribution is -2.38. The Morgan fingerprint density at radius 1 is 1.67 bits per heavy atom. The summed E-state index contributed by atoms with van der Waals surface area (Å²) in [5.41, 5.74) is 0. The number of carbonyl (C=O) groups is 1. The molecule has 1 fully saturated rings. The number of piperidine rings is 1. The number of aliphatic hydroxyl groups is 1. The number of nitrogens with one attached hydrogen (secondary N) is 1. The molecule has 0 saturated carbocycles. The van der Waals surface area contributed by atoms with Gasteiger partial charge >= 0.3 is 0 Å². The van der Waals surface area contributed by atoms with Gasteiger partial charge in [-0.2, -0.15) is 0 Å². The summed E-state index contributed by atoms with van der Waals surface area (Å²) in [4.78, 5) is 10.4. The van der Waals surface area contributed by atoms with Crippen LogP contribution in [-0.4, -0.2) is 17.2 Å². The number of aliphatic hydroxyl groups excluding tert-OH is 1. The molecule has 1 heterocycles. The van der Waals surface area contributed by atoms with Gasteiger partial charge in [0.1, 0.15) is 6.23 Å². The minimum absolute atomic E-state index is 0. The maximum absolute atomic E-state index is 10.4. The molecule has 1 saturated heterocycles. The first-order valence-corrected chi connectivity index (χ1v) is 2.76. The summed E-state index contributed by atoms with van der Waals surface area (Å²) >= 11 is 0. The van der Waals surface area contributed by atoms with Gasteiger partial charge in [-0.05, 0) is 12.8 Å². The van der Waals surface area contributed by atoms with Gasteiger partial charge in [-0.3, -0.25) is 4.79 Å². The van der Waals surface area contributed by atoms with E-state index in [0.717, 1.165) is 6.42 Å². The number of halogens is 1. The molecule has 0 radical (unpaired) electrons. The molecule has 9 heavy (non-hydrogen) atoms. The number of carbonyl (C=O) groups excluding carboxylic acids is 1. The summed E-state index contributed by atoms with van der Waals surface area (Å²) in [6.07, 6.45) is 1.49. The predicted octanol–water partition coefficient (Wildman–Crippen LogP) is 0.0267. The quantitative estimate of drug-likeness (QED) is 0.513. The molecule has 1 aliphatic rings. The first-order chi connectivity index (χ1) is 3.79. The van der Waals surface area contributed by atoms with E-state index in [1.165, 1.54) is 0 Å². The Balaban J connectivity index is 0.000000640. The number of amides is 1. The van der Waals surface area contributed by atoms with Gasteiger partial charge in [-0.1, -0.05) is 0 Å². The summed E-state index contributed by atoms with van der Waals surface area (Å²) in [6.45, 7) is 0. The van der Waals surface area contributed by atoms with Crippen LogP contribution in [0.3, 0.4) is 0 Å². The topological polar surface area (TPSA) is 49.3 Å². The van der Waals surface area contributed by atoms with Crippen LogP contribution in [-0.2, 0) is 4.79 Å². The maximum Gasteiger partial charge on any atom is 0.221 e. The van der Waals surface area contributed by atoms with Crippen LogP contribution < -0.4 is 5.32 Å². The Morgan fingerprint density at radius 3 is 2.67 bits per heavy atom. The van der Waals surface area contributed by atoms with Gasteiger partial charge in [0.2, 0.25) is 5.91 Å². The summed E-state index contributed by atoms with van der Waals surface area (Å²) in [5, 5.41) is 11.1. The monoisotopic (exact) mass is 151 g/mol. The zero-order valence-corrected chi connectivity index (χ0v) is 5.78. The van der Waals surface area contributed by atoms with Crippen LogP contribution in [0.4, 0.5) is 0 Å². The van der Waals surface area contributed by atoms with Crippen LogP contribution in [0.25, 0.3) is 0 Å². The minimum Gasteiger partial charge on any atom is -0.374 e. The molecule has 54 valence electrons. The van der Waals surface area contributed by atoms with Crippen molar-refractivity contribution < 1.29 is 9.90 Å². The van der Waals surface area contributed by atoms with Crippen molar-refractivity contribution in [1.29, 1.82) is 0 Å². The molecule has 1 unspecified atom stereocenters. The molecule has 0 aromatic rings. The lowest BCUT2D eigenvalue weighted by Gasteiger charge is -2.16. The van der Waals surface area contributed by atoms with Gasteiger partial charge in [-0.15, -0.1) is 12.4 Å². The highest BCUT2D eigenvalue weighted by Gasteiger charge is 2.13. The van der Waals surface area contributed by atoms with E-state index in [0.29, 0.717) is 12.8 Å². The fraction of sp³-hybridized carbons (Fsp3) is 0.800. The summed E-state index contributed by atoms with van der Waals surface area (Å²) in [5.74, 6) is -0.0382. The second-order valence-electron chi connectivity index (χ2n) is 1.98. The summed E-state index contributed by atoms with van der Waals surface area (Å²) < 4.78 is 0. The molecule has 1 amide bonds. The van der Waals surface area contributed by atoms with Gasteiger partial charge in [0.15, 0.2) is 0 Å². The van der Waals surface area contributed by atoms with E-state index >= 15 is 0 Å². The molecule has 0 aromatic carbocycles. The normalized spacial score (nSPS) is 26.3. The Labute approximate surface area is 59.9 Å². The molecule has 0 bridgehead atoms. The van der Waals surface area contributed by atoms with E-state index in [2.05, 4.69) is 5.32 Å². The standard InChI is InChI=1S/C5H9NO2.ClH/c7-4-2-1-3-5(8)6-4;/h4,7H,1-3H2,(H,6,8);1H. The van der Waals surface area contributed by atoms with Crippen LogP contribution in [0.1, 0.15) is 19.3 Å². The minimum atomic E-state index is -0.587. The van der Waals surface area contributed by atoms with Crippen molar-refractivity contribution >= 4 is 18.3 Å². The Kier molecular flexibility index (Phi) is 3.58. The van der Waals surface area contributed by atoms with Crippen LogP contribution in [0, 0.1) is 0 Å². The van der Waals surface area contributed by atoms with Crippen LogP contribution in [0.5, 0.6) is 0 Å². The van der Waals surface area contributed by atoms with Crippen molar-refractivity contribution in [2.75, 3.05) is 0 Å². The molecule has 0 spiro atoms. The highest BCUT2D eigenvalue weighted by atomic mass is 35.5. The Hall–Kier alpha value is -0.280. The van der Waals surface area contributed by atoms with Crippen molar-refractivity contribution in [3.8, 4) is 0 Å². The fourth-order valence-corrected chi connectivity index (χ4v) is 0.786. The van der Waals surface area contributed by atoms with Crippen molar-refractivity contribution in [2.24, 2.45) is 0 Å². The van der Waals surface area contributed by atoms with Crippen LogP contribution in [0.15, 0.2) is 0 Å². The Bertz CT molecular complexity index is 107. The van der Waals surface area contributed by atoms with Crippen LogP contribution >= 0.6 is 12.4 Å². The van der Waals surface area contributed by atoms with E-state index < -0.39 is 6.23 Å². The molecular weight excluding hydrogens is 142 g/mol. The molecule has 1 rings (SSSR count). The molecule has 4 heteroatoms. The van der Waals surface area contributed by atoms with E-state index in [9.17, 15) is 4.79 Å². The van der Waals surface area contributed by atoms with E-state index in [1.54, 1.807) is 0 Å². The fourth-order valence-electron chi connectivity index (χ4n) is 0.786. The van der Waals surface area contributed by atoms with E-state index in [-0.39, 0.29) is 18.3 Å². The SMILES string of the molecule is Cl.O=C1CCCC(O)N1. The zero-order chi connectivity index (χ0) is 5.98. The average molecular weight is 152 g/mol. The first-order valence-electron chi connectivity index (χ1n) is 2.76. The van der Waals surface area contributed by atoms with Crippen molar-refractivity contribution in [1.82, 2.24) is 5.32 Å². The highest BCUT2D eigenvalue weighted by Crippen LogP contribution is 2.04. The number of rotatable bonds is 0. The smallest absolute Gasteiger partial charge is 0.221 e.